The van der Waals surface area contributed by atoms with Crippen LogP contribution in [0, 0.1) is 0 Å². The fourth-order valence-electron chi connectivity index (χ4n) is 2.49. The third-order valence-corrected chi connectivity index (χ3v) is 6.08. The summed E-state index contributed by atoms with van der Waals surface area (Å²) in [5.41, 5.74) is 1.86. The molecule has 140 valence electrons. The summed E-state index contributed by atoms with van der Waals surface area (Å²) < 4.78 is 26.5. The lowest BCUT2D eigenvalue weighted by Gasteiger charge is -2.25. The van der Waals surface area contributed by atoms with Crippen molar-refractivity contribution in [3.05, 3.63) is 57.5 Å². The maximum Gasteiger partial charge on any atom is 0.245 e. The second-order valence-corrected chi connectivity index (χ2v) is 9.33. The van der Waals surface area contributed by atoms with E-state index in [9.17, 15) is 13.2 Å². The van der Waals surface area contributed by atoms with E-state index in [1.165, 1.54) is 0 Å². The van der Waals surface area contributed by atoms with Crippen molar-refractivity contribution in [3.63, 3.8) is 0 Å². The van der Waals surface area contributed by atoms with Gasteiger partial charge in [-0.25, -0.2) is 8.42 Å². The summed E-state index contributed by atoms with van der Waals surface area (Å²) in [4.78, 5) is 12.4. The average Bonchev–Trinajstić information content (AvgIpc) is 2.55. The minimum Gasteiger partial charge on any atom is -0.324 e. The molecule has 0 saturated heterocycles. The minimum atomic E-state index is -3.64. The highest BCUT2D eigenvalue weighted by Crippen LogP contribution is 2.29. The first kappa shape index (κ1) is 20.7. The zero-order chi connectivity index (χ0) is 19.5. The van der Waals surface area contributed by atoms with Crippen LogP contribution in [0.1, 0.15) is 25.3 Å². The number of anilines is 2. The van der Waals surface area contributed by atoms with Crippen LogP contribution in [0.4, 0.5) is 11.4 Å². The van der Waals surface area contributed by atoms with E-state index in [1.54, 1.807) is 30.3 Å². The number of para-hydroxylation sites is 1. The van der Waals surface area contributed by atoms with Gasteiger partial charge in [0.15, 0.2) is 0 Å². The van der Waals surface area contributed by atoms with Crippen molar-refractivity contribution in [1.82, 2.24) is 0 Å². The number of benzene rings is 2. The molecule has 0 aliphatic rings. The molecule has 5 nitrogen and oxygen atoms in total. The van der Waals surface area contributed by atoms with Gasteiger partial charge in [0.25, 0.3) is 0 Å². The van der Waals surface area contributed by atoms with Gasteiger partial charge in [0, 0.05) is 10.2 Å². The van der Waals surface area contributed by atoms with Crippen LogP contribution in [0.25, 0.3) is 0 Å². The fraction of sp³-hybridized carbons (Fsp3) is 0.278. The molecule has 2 rings (SSSR count). The van der Waals surface area contributed by atoms with Gasteiger partial charge >= 0.3 is 0 Å². The Kier molecular flexibility index (Phi) is 6.71. The van der Waals surface area contributed by atoms with Gasteiger partial charge in [0.05, 0.1) is 17.0 Å². The molecule has 8 heteroatoms. The molecule has 0 aromatic heterocycles. The van der Waals surface area contributed by atoms with Crippen molar-refractivity contribution in [2.24, 2.45) is 0 Å². The van der Waals surface area contributed by atoms with E-state index in [1.807, 2.05) is 26.0 Å². The van der Waals surface area contributed by atoms with Crippen LogP contribution < -0.4 is 9.62 Å². The number of carbonyl (C=O) groups excluding carboxylic acids is 1. The van der Waals surface area contributed by atoms with Crippen molar-refractivity contribution in [2.45, 2.75) is 19.8 Å². The molecule has 0 radical (unpaired) electrons. The predicted octanol–water partition coefficient (Wildman–Crippen LogP) is 4.63. The monoisotopic (exact) mass is 458 g/mol. The summed E-state index contributed by atoms with van der Waals surface area (Å²) in [5.74, 6) is -0.337. The van der Waals surface area contributed by atoms with Crippen molar-refractivity contribution >= 4 is 54.8 Å². The number of amides is 1. The van der Waals surface area contributed by atoms with Crippen LogP contribution in [0.15, 0.2) is 46.9 Å². The van der Waals surface area contributed by atoms with E-state index in [-0.39, 0.29) is 12.5 Å². The summed E-state index contributed by atoms with van der Waals surface area (Å²) in [6.07, 6.45) is 1.09. The van der Waals surface area contributed by atoms with Crippen LogP contribution in [0.3, 0.4) is 0 Å². The maximum atomic E-state index is 12.4. The molecular weight excluding hydrogens is 440 g/mol. The number of hydrogen-bond donors (Lipinski definition) is 1. The molecule has 0 aliphatic heterocycles. The summed E-state index contributed by atoms with van der Waals surface area (Å²) in [5, 5.41) is 3.13. The van der Waals surface area contributed by atoms with Crippen molar-refractivity contribution in [1.29, 1.82) is 0 Å². The molecule has 26 heavy (non-hydrogen) atoms. The Labute approximate surface area is 167 Å². The molecule has 0 unspecified atom stereocenters. The lowest BCUT2D eigenvalue weighted by Crippen LogP contribution is -2.38. The molecular formula is C18H20BrClN2O3S. The SMILES string of the molecule is CC(C)c1ccccc1N(CC(=O)Nc1ccc(Br)c(Cl)c1)S(C)(=O)=O. The second-order valence-electron chi connectivity index (χ2n) is 6.16. The molecule has 0 fully saturated rings. The Bertz CT molecular complexity index is 916. The van der Waals surface area contributed by atoms with Gasteiger partial charge in [0.1, 0.15) is 6.54 Å². The number of nitrogens with one attached hydrogen (secondary N) is 1. The standard InChI is InChI=1S/C18H20BrClN2O3S/c1-12(2)14-6-4-5-7-17(14)22(26(3,24)25)11-18(23)21-13-8-9-15(19)16(20)10-13/h4-10,12H,11H2,1-3H3,(H,21,23). The lowest BCUT2D eigenvalue weighted by molar-refractivity contribution is -0.114. The molecule has 0 aliphatic carbocycles. The van der Waals surface area contributed by atoms with Crippen LogP contribution >= 0.6 is 27.5 Å². The number of nitrogens with zero attached hydrogens (tertiary/aromatic N) is 1. The van der Waals surface area contributed by atoms with Crippen molar-refractivity contribution in [2.75, 3.05) is 22.4 Å². The van der Waals surface area contributed by atoms with Crippen LogP contribution in [0.2, 0.25) is 5.02 Å². The lowest BCUT2D eigenvalue weighted by atomic mass is 10.0. The Morgan fingerprint density at radius 2 is 1.88 bits per heavy atom. The molecule has 0 atom stereocenters. The average molecular weight is 460 g/mol. The number of halogens is 2. The van der Waals surface area contributed by atoms with Gasteiger partial charge in [-0.2, -0.15) is 0 Å². The van der Waals surface area contributed by atoms with E-state index >= 15 is 0 Å². The fourth-order valence-corrected chi connectivity index (χ4v) is 3.79. The van der Waals surface area contributed by atoms with Crippen molar-refractivity contribution < 1.29 is 13.2 Å². The van der Waals surface area contributed by atoms with E-state index in [0.717, 1.165) is 16.1 Å². The van der Waals surface area contributed by atoms with Crippen LogP contribution in [-0.4, -0.2) is 27.1 Å². The molecule has 0 saturated carbocycles. The molecule has 0 bridgehead atoms. The molecule has 1 amide bonds. The third-order valence-electron chi connectivity index (χ3n) is 3.72. The van der Waals surface area contributed by atoms with E-state index in [2.05, 4.69) is 21.2 Å². The normalized spacial score (nSPS) is 11.5. The highest BCUT2D eigenvalue weighted by atomic mass is 79.9. The summed E-state index contributed by atoms with van der Waals surface area (Å²) in [7, 11) is -3.64. The number of sulfonamides is 1. The predicted molar refractivity (Wildman–Crippen MR) is 111 cm³/mol. The topological polar surface area (TPSA) is 66.5 Å². The molecule has 0 heterocycles. The zero-order valence-electron chi connectivity index (χ0n) is 14.7. The summed E-state index contributed by atoms with van der Waals surface area (Å²) >= 11 is 9.30. The van der Waals surface area contributed by atoms with E-state index < -0.39 is 15.9 Å². The third kappa shape index (κ3) is 5.22. The van der Waals surface area contributed by atoms with Gasteiger partial charge < -0.3 is 5.32 Å². The highest BCUT2D eigenvalue weighted by molar-refractivity contribution is 9.10. The summed E-state index contributed by atoms with van der Waals surface area (Å²) in [6, 6.07) is 12.2. The van der Waals surface area contributed by atoms with Gasteiger partial charge in [-0.1, -0.05) is 43.6 Å². The number of rotatable bonds is 6. The summed E-state index contributed by atoms with van der Waals surface area (Å²) in [6.45, 7) is 3.63. The first-order valence-corrected chi connectivity index (χ1v) is 10.9. The molecule has 2 aromatic carbocycles. The first-order chi connectivity index (χ1) is 12.1. The Hall–Kier alpha value is -1.57. The Balaban J connectivity index is 2.29. The Morgan fingerprint density at radius 1 is 1.23 bits per heavy atom. The van der Waals surface area contributed by atoms with Gasteiger partial charge in [-0.3, -0.25) is 9.10 Å². The molecule has 2 aromatic rings. The minimum absolute atomic E-state index is 0.115. The van der Waals surface area contributed by atoms with Crippen molar-refractivity contribution in [3.8, 4) is 0 Å². The highest BCUT2D eigenvalue weighted by Gasteiger charge is 2.24. The Morgan fingerprint density at radius 3 is 2.46 bits per heavy atom. The molecule has 0 spiro atoms. The molecule has 1 N–H and O–H groups in total. The van der Waals surface area contributed by atoms with E-state index in [4.69, 9.17) is 11.6 Å². The number of hydrogen-bond acceptors (Lipinski definition) is 3. The van der Waals surface area contributed by atoms with Gasteiger partial charge in [-0.05, 0) is 51.7 Å². The quantitative estimate of drug-likeness (QED) is 0.685. The van der Waals surface area contributed by atoms with E-state index in [0.29, 0.717) is 20.9 Å². The first-order valence-electron chi connectivity index (χ1n) is 7.91. The maximum absolute atomic E-state index is 12.4. The van der Waals surface area contributed by atoms with Gasteiger partial charge in [-0.15, -0.1) is 0 Å². The van der Waals surface area contributed by atoms with Gasteiger partial charge in [0.2, 0.25) is 15.9 Å². The largest absolute Gasteiger partial charge is 0.324 e. The van der Waals surface area contributed by atoms with Crippen LogP contribution in [-0.2, 0) is 14.8 Å². The second kappa shape index (κ2) is 8.41. The number of carbonyl (C=O) groups is 1. The smallest absolute Gasteiger partial charge is 0.245 e. The zero-order valence-corrected chi connectivity index (χ0v) is 17.8. The van der Waals surface area contributed by atoms with Crippen LogP contribution in [0.5, 0.6) is 0 Å².